The van der Waals surface area contributed by atoms with E-state index in [2.05, 4.69) is 9.97 Å². The van der Waals surface area contributed by atoms with Crippen LogP contribution in [0.4, 0.5) is 11.4 Å². The van der Waals surface area contributed by atoms with Crippen LogP contribution in [0.15, 0.2) is 48.7 Å². The molecule has 0 spiro atoms. The third-order valence-electron chi connectivity index (χ3n) is 2.94. The van der Waals surface area contributed by atoms with Gasteiger partial charge >= 0.3 is 0 Å². The minimum atomic E-state index is -0.447. The van der Waals surface area contributed by atoms with Crippen LogP contribution in [-0.4, -0.2) is 14.9 Å². The molecule has 98 valence electrons. The van der Waals surface area contributed by atoms with E-state index in [1.54, 1.807) is 24.4 Å². The molecule has 0 atom stereocenters. The van der Waals surface area contributed by atoms with Gasteiger partial charge in [-0.1, -0.05) is 12.1 Å². The lowest BCUT2D eigenvalue weighted by atomic mass is 10.1. The molecule has 3 aromatic rings. The van der Waals surface area contributed by atoms with E-state index < -0.39 is 4.92 Å². The smallest absolute Gasteiger partial charge is 0.271 e. The Labute approximate surface area is 114 Å². The van der Waals surface area contributed by atoms with Gasteiger partial charge in [0.2, 0.25) is 0 Å². The van der Waals surface area contributed by atoms with Gasteiger partial charge in [-0.3, -0.25) is 15.1 Å². The van der Waals surface area contributed by atoms with Gasteiger partial charge in [0.1, 0.15) is 0 Å². The molecule has 6 heteroatoms. The van der Waals surface area contributed by atoms with Crippen LogP contribution >= 0.6 is 0 Å². The van der Waals surface area contributed by atoms with Crippen molar-refractivity contribution in [2.45, 2.75) is 0 Å². The molecule has 0 aliphatic rings. The lowest BCUT2D eigenvalue weighted by Crippen LogP contribution is -1.92. The normalized spacial score (nSPS) is 10.6. The maximum Gasteiger partial charge on any atom is 0.271 e. The molecule has 2 N–H and O–H groups in total. The molecule has 0 aliphatic carbocycles. The molecule has 0 saturated carbocycles. The number of anilines is 1. The average molecular weight is 266 g/mol. The first kappa shape index (κ1) is 12.0. The van der Waals surface area contributed by atoms with Crippen molar-refractivity contribution in [2.24, 2.45) is 0 Å². The van der Waals surface area contributed by atoms with Crippen LogP contribution in [0.5, 0.6) is 0 Å². The number of rotatable bonds is 2. The largest absolute Gasteiger partial charge is 0.399 e. The molecular formula is C14H10N4O2. The molecule has 0 bridgehead atoms. The molecule has 3 rings (SSSR count). The molecule has 1 heterocycles. The third-order valence-corrected chi connectivity index (χ3v) is 2.94. The van der Waals surface area contributed by atoms with E-state index >= 15 is 0 Å². The van der Waals surface area contributed by atoms with Crippen molar-refractivity contribution >= 4 is 22.4 Å². The summed E-state index contributed by atoms with van der Waals surface area (Å²) in [4.78, 5) is 19.0. The van der Waals surface area contributed by atoms with Crippen molar-refractivity contribution in [3.63, 3.8) is 0 Å². The number of non-ortho nitro benzene ring substituents is 1. The second kappa shape index (κ2) is 4.58. The molecular weight excluding hydrogens is 256 g/mol. The van der Waals surface area contributed by atoms with Gasteiger partial charge in [-0.15, -0.1) is 0 Å². The van der Waals surface area contributed by atoms with E-state index in [9.17, 15) is 10.1 Å². The highest BCUT2D eigenvalue weighted by atomic mass is 16.6. The van der Waals surface area contributed by atoms with Crippen LogP contribution in [0.2, 0.25) is 0 Å². The fourth-order valence-corrected chi connectivity index (χ4v) is 1.91. The second-order valence-electron chi connectivity index (χ2n) is 4.31. The van der Waals surface area contributed by atoms with Crippen LogP contribution in [0, 0.1) is 10.1 Å². The van der Waals surface area contributed by atoms with Crippen LogP contribution < -0.4 is 5.73 Å². The van der Waals surface area contributed by atoms with Gasteiger partial charge in [-0.05, 0) is 18.2 Å². The molecule has 0 unspecified atom stereocenters. The van der Waals surface area contributed by atoms with Crippen molar-refractivity contribution in [2.75, 3.05) is 5.73 Å². The molecule has 20 heavy (non-hydrogen) atoms. The zero-order valence-electron chi connectivity index (χ0n) is 10.4. The summed E-state index contributed by atoms with van der Waals surface area (Å²) in [5.74, 6) is 0. The Kier molecular flexibility index (Phi) is 2.76. The first-order chi connectivity index (χ1) is 9.63. The zero-order valence-corrected chi connectivity index (χ0v) is 10.4. The molecule has 6 nitrogen and oxygen atoms in total. The van der Waals surface area contributed by atoms with Crippen LogP contribution in [-0.2, 0) is 0 Å². The number of nitrogens with two attached hydrogens (primary N) is 1. The van der Waals surface area contributed by atoms with Gasteiger partial charge in [0.25, 0.3) is 5.69 Å². The summed E-state index contributed by atoms with van der Waals surface area (Å²) in [5, 5.41) is 10.8. The predicted octanol–water partition coefficient (Wildman–Crippen LogP) is 2.79. The second-order valence-corrected chi connectivity index (χ2v) is 4.31. The van der Waals surface area contributed by atoms with Gasteiger partial charge in [-0.25, -0.2) is 4.98 Å². The van der Waals surface area contributed by atoms with E-state index in [1.165, 1.54) is 12.1 Å². The molecule has 0 fully saturated rings. The van der Waals surface area contributed by atoms with E-state index in [1.807, 2.05) is 12.1 Å². The highest BCUT2D eigenvalue weighted by Gasteiger charge is 2.09. The summed E-state index contributed by atoms with van der Waals surface area (Å²) in [5.41, 5.74) is 8.93. The van der Waals surface area contributed by atoms with Crippen molar-refractivity contribution in [3.8, 4) is 11.3 Å². The zero-order chi connectivity index (χ0) is 14.1. The fourth-order valence-electron chi connectivity index (χ4n) is 1.91. The SMILES string of the molecule is Nc1ccc(-c2cnc3ccc([N+](=O)[O-])cc3n2)cc1. The molecule has 1 aromatic heterocycles. The third kappa shape index (κ3) is 2.14. The summed E-state index contributed by atoms with van der Waals surface area (Å²) < 4.78 is 0. The number of fused-ring (bicyclic) bond motifs is 1. The first-order valence-corrected chi connectivity index (χ1v) is 5.90. The van der Waals surface area contributed by atoms with Crippen molar-refractivity contribution in [3.05, 3.63) is 58.8 Å². The summed E-state index contributed by atoms with van der Waals surface area (Å²) >= 11 is 0. The van der Waals surface area contributed by atoms with Gasteiger partial charge in [0, 0.05) is 23.4 Å². The molecule has 0 amide bonds. The van der Waals surface area contributed by atoms with Crippen molar-refractivity contribution in [1.29, 1.82) is 0 Å². The number of nitro benzene ring substituents is 1. The summed E-state index contributed by atoms with van der Waals surface area (Å²) in [6, 6.07) is 11.6. The van der Waals surface area contributed by atoms with E-state index in [-0.39, 0.29) is 5.69 Å². The number of hydrogen-bond donors (Lipinski definition) is 1. The van der Waals surface area contributed by atoms with E-state index in [0.717, 1.165) is 5.56 Å². The maximum atomic E-state index is 10.8. The average Bonchev–Trinajstić information content (AvgIpc) is 2.47. The summed E-state index contributed by atoms with van der Waals surface area (Å²) in [6.07, 6.45) is 1.64. The van der Waals surface area contributed by atoms with Gasteiger partial charge in [-0.2, -0.15) is 0 Å². The van der Waals surface area contributed by atoms with Crippen LogP contribution in [0.1, 0.15) is 0 Å². The number of nitrogen functional groups attached to an aromatic ring is 1. The Hall–Kier alpha value is -3.02. The Balaban J connectivity index is 2.13. The van der Waals surface area contributed by atoms with Gasteiger partial charge < -0.3 is 5.73 Å². The highest BCUT2D eigenvalue weighted by Crippen LogP contribution is 2.22. The van der Waals surface area contributed by atoms with Crippen molar-refractivity contribution < 1.29 is 4.92 Å². The van der Waals surface area contributed by atoms with Crippen molar-refractivity contribution in [1.82, 2.24) is 9.97 Å². The quantitative estimate of drug-likeness (QED) is 0.437. The van der Waals surface area contributed by atoms with E-state index in [0.29, 0.717) is 22.4 Å². The lowest BCUT2D eigenvalue weighted by Gasteiger charge is -2.03. The van der Waals surface area contributed by atoms with Gasteiger partial charge in [0.05, 0.1) is 27.8 Å². The minimum Gasteiger partial charge on any atom is -0.399 e. The number of nitrogens with zero attached hydrogens (tertiary/aromatic N) is 3. The summed E-state index contributed by atoms with van der Waals surface area (Å²) in [6.45, 7) is 0. The first-order valence-electron chi connectivity index (χ1n) is 5.90. The predicted molar refractivity (Wildman–Crippen MR) is 76.0 cm³/mol. The number of hydrogen-bond acceptors (Lipinski definition) is 5. The molecule has 0 aliphatic heterocycles. The maximum absolute atomic E-state index is 10.8. The van der Waals surface area contributed by atoms with Gasteiger partial charge in [0.15, 0.2) is 0 Å². The molecule has 0 radical (unpaired) electrons. The Bertz CT molecular complexity index is 800. The number of benzene rings is 2. The Morgan fingerprint density at radius 3 is 2.50 bits per heavy atom. The lowest BCUT2D eigenvalue weighted by molar-refractivity contribution is -0.384. The molecule has 2 aromatic carbocycles. The topological polar surface area (TPSA) is 94.9 Å². The number of nitro groups is 1. The minimum absolute atomic E-state index is 0.00116. The standard InChI is InChI=1S/C14H10N4O2/c15-10-3-1-9(2-4-10)14-8-16-12-6-5-11(18(19)20)7-13(12)17-14/h1-8H,15H2. The monoisotopic (exact) mass is 266 g/mol. The van der Waals surface area contributed by atoms with Crippen LogP contribution in [0.3, 0.4) is 0 Å². The fraction of sp³-hybridized carbons (Fsp3) is 0. The Morgan fingerprint density at radius 2 is 1.80 bits per heavy atom. The molecule has 0 saturated heterocycles. The highest BCUT2D eigenvalue weighted by molar-refractivity contribution is 5.79. The summed E-state index contributed by atoms with van der Waals surface area (Å²) in [7, 11) is 0. The Morgan fingerprint density at radius 1 is 1.05 bits per heavy atom. The van der Waals surface area contributed by atoms with E-state index in [4.69, 9.17) is 5.73 Å². The van der Waals surface area contributed by atoms with Crippen LogP contribution in [0.25, 0.3) is 22.3 Å². The number of aromatic nitrogens is 2.